The predicted molar refractivity (Wildman–Crippen MR) is 58.5 cm³/mol. The molecule has 1 heterocycles. The van der Waals surface area contributed by atoms with Gasteiger partial charge in [0.15, 0.2) is 0 Å². The van der Waals surface area contributed by atoms with Gasteiger partial charge < -0.3 is 10.8 Å². The summed E-state index contributed by atoms with van der Waals surface area (Å²) < 4.78 is 1.87. The molecule has 0 bridgehead atoms. The van der Waals surface area contributed by atoms with Crippen LogP contribution in [-0.2, 0) is 0 Å². The van der Waals surface area contributed by atoms with Crippen molar-refractivity contribution in [2.75, 3.05) is 6.61 Å². The molecular formula is C11H19N3O. The summed E-state index contributed by atoms with van der Waals surface area (Å²) in [5.74, 6) is 0.575. The highest BCUT2D eigenvalue weighted by molar-refractivity contribution is 5.09. The minimum Gasteiger partial charge on any atom is -0.394 e. The normalized spacial score (nSPS) is 20.3. The Morgan fingerprint density at radius 3 is 2.67 bits per heavy atom. The summed E-state index contributed by atoms with van der Waals surface area (Å²) in [5.41, 5.74) is 8.18. The Balaban J connectivity index is 2.21. The van der Waals surface area contributed by atoms with E-state index in [2.05, 4.69) is 5.10 Å². The van der Waals surface area contributed by atoms with Gasteiger partial charge in [0.2, 0.25) is 0 Å². The van der Waals surface area contributed by atoms with Gasteiger partial charge in [0.25, 0.3) is 0 Å². The number of aliphatic hydroxyl groups is 1. The van der Waals surface area contributed by atoms with E-state index < -0.39 is 0 Å². The second-order valence-corrected chi connectivity index (χ2v) is 4.54. The van der Waals surface area contributed by atoms with Crippen LogP contribution in [0.5, 0.6) is 0 Å². The van der Waals surface area contributed by atoms with Gasteiger partial charge in [-0.05, 0) is 38.7 Å². The molecule has 0 radical (unpaired) electrons. The van der Waals surface area contributed by atoms with Gasteiger partial charge >= 0.3 is 0 Å². The molecule has 1 aliphatic rings. The lowest BCUT2D eigenvalue weighted by Crippen LogP contribution is -2.37. The number of aryl methyl sites for hydroxylation is 2. The van der Waals surface area contributed by atoms with E-state index in [1.165, 1.54) is 12.8 Å². The van der Waals surface area contributed by atoms with Crippen molar-refractivity contribution in [2.24, 2.45) is 11.7 Å². The summed E-state index contributed by atoms with van der Waals surface area (Å²) >= 11 is 0. The topological polar surface area (TPSA) is 64.1 Å². The zero-order valence-electron chi connectivity index (χ0n) is 9.35. The van der Waals surface area contributed by atoms with Gasteiger partial charge in [-0.15, -0.1) is 0 Å². The van der Waals surface area contributed by atoms with Gasteiger partial charge in [-0.1, -0.05) is 0 Å². The highest BCUT2D eigenvalue weighted by atomic mass is 16.3. The third-order valence-electron chi connectivity index (χ3n) is 3.16. The first-order valence-electron chi connectivity index (χ1n) is 5.52. The number of nitrogens with two attached hydrogens (primary N) is 1. The van der Waals surface area contributed by atoms with Crippen molar-refractivity contribution in [3.63, 3.8) is 0 Å². The third kappa shape index (κ3) is 2.06. The second-order valence-electron chi connectivity index (χ2n) is 4.54. The number of hydrogen-bond acceptors (Lipinski definition) is 3. The molecule has 2 atom stereocenters. The first-order valence-corrected chi connectivity index (χ1v) is 5.52. The lowest BCUT2D eigenvalue weighted by atomic mass is 10.1. The van der Waals surface area contributed by atoms with Crippen molar-refractivity contribution >= 4 is 0 Å². The minimum absolute atomic E-state index is 0.0352. The minimum atomic E-state index is -0.0637. The van der Waals surface area contributed by atoms with Gasteiger partial charge in [-0.25, -0.2) is 0 Å². The molecule has 0 saturated heterocycles. The summed E-state index contributed by atoms with van der Waals surface area (Å²) in [5, 5.41) is 13.8. The van der Waals surface area contributed by atoms with Crippen LogP contribution < -0.4 is 5.73 Å². The fraction of sp³-hybridized carbons (Fsp3) is 0.727. The summed E-state index contributed by atoms with van der Waals surface area (Å²) in [6.07, 6.45) is 2.38. The molecule has 2 unspecified atom stereocenters. The second kappa shape index (κ2) is 3.94. The Morgan fingerprint density at radius 1 is 1.60 bits per heavy atom. The van der Waals surface area contributed by atoms with E-state index >= 15 is 0 Å². The van der Waals surface area contributed by atoms with Gasteiger partial charge in [-0.3, -0.25) is 4.68 Å². The van der Waals surface area contributed by atoms with E-state index in [1.54, 1.807) is 0 Å². The molecule has 4 heteroatoms. The van der Waals surface area contributed by atoms with Crippen LogP contribution in [0.15, 0.2) is 6.07 Å². The predicted octanol–water partition coefficient (Wildman–Crippen LogP) is 0.771. The van der Waals surface area contributed by atoms with Crippen LogP contribution in [0.1, 0.15) is 30.3 Å². The fourth-order valence-electron chi connectivity index (χ4n) is 2.14. The van der Waals surface area contributed by atoms with Crippen LogP contribution >= 0.6 is 0 Å². The van der Waals surface area contributed by atoms with E-state index in [0.29, 0.717) is 5.92 Å². The maximum Gasteiger partial charge on any atom is 0.0906 e. The van der Waals surface area contributed by atoms with E-state index in [4.69, 9.17) is 5.73 Å². The molecule has 0 amide bonds. The number of nitrogens with zero attached hydrogens (tertiary/aromatic N) is 2. The van der Waals surface area contributed by atoms with Gasteiger partial charge in [0, 0.05) is 11.7 Å². The van der Waals surface area contributed by atoms with Crippen LogP contribution in [0.3, 0.4) is 0 Å². The van der Waals surface area contributed by atoms with Crippen molar-refractivity contribution in [3.05, 3.63) is 17.5 Å². The smallest absolute Gasteiger partial charge is 0.0906 e. The average molecular weight is 209 g/mol. The zero-order valence-corrected chi connectivity index (χ0v) is 9.35. The maximum absolute atomic E-state index is 9.42. The van der Waals surface area contributed by atoms with E-state index in [1.807, 2.05) is 24.6 Å². The third-order valence-corrected chi connectivity index (χ3v) is 3.16. The van der Waals surface area contributed by atoms with Crippen molar-refractivity contribution in [1.29, 1.82) is 0 Å². The maximum atomic E-state index is 9.42. The monoisotopic (exact) mass is 209 g/mol. The first-order chi connectivity index (χ1) is 7.13. The Labute approximate surface area is 90.1 Å². The Bertz CT molecular complexity index is 344. The van der Waals surface area contributed by atoms with Gasteiger partial charge in [0.1, 0.15) is 0 Å². The lowest BCUT2D eigenvalue weighted by Gasteiger charge is -2.23. The van der Waals surface area contributed by atoms with Crippen LogP contribution in [0.25, 0.3) is 0 Å². The molecule has 84 valence electrons. The molecule has 2 rings (SSSR count). The summed E-state index contributed by atoms with van der Waals surface area (Å²) in [6, 6.07) is 1.99. The highest BCUT2D eigenvalue weighted by Gasteiger charge is 2.35. The van der Waals surface area contributed by atoms with E-state index in [9.17, 15) is 5.11 Å². The number of aliphatic hydroxyl groups excluding tert-OH is 1. The Hall–Kier alpha value is -0.870. The average Bonchev–Trinajstić information content (AvgIpc) is 2.95. The zero-order chi connectivity index (χ0) is 11.0. The molecule has 1 saturated carbocycles. The molecule has 15 heavy (non-hydrogen) atoms. The van der Waals surface area contributed by atoms with Crippen LogP contribution in [0.4, 0.5) is 0 Å². The standard InChI is InChI=1S/C11H19N3O/c1-7-5-8(2)14(13-7)10(6-15)11(12)9-3-4-9/h5,9-11,15H,3-4,6,12H2,1-2H3. The molecular weight excluding hydrogens is 190 g/mol. The van der Waals surface area contributed by atoms with E-state index in [0.717, 1.165) is 11.4 Å². The SMILES string of the molecule is Cc1cc(C)n(C(CO)C(N)C2CC2)n1. The number of hydrogen-bond donors (Lipinski definition) is 2. The summed E-state index contributed by atoms with van der Waals surface area (Å²) in [4.78, 5) is 0. The lowest BCUT2D eigenvalue weighted by molar-refractivity contribution is 0.186. The highest BCUT2D eigenvalue weighted by Crippen LogP contribution is 2.36. The number of aromatic nitrogens is 2. The first kappa shape index (κ1) is 10.6. The van der Waals surface area contributed by atoms with E-state index in [-0.39, 0.29) is 18.7 Å². The van der Waals surface area contributed by atoms with Crippen molar-refractivity contribution in [3.8, 4) is 0 Å². The van der Waals surface area contributed by atoms with Crippen molar-refractivity contribution in [2.45, 2.75) is 38.8 Å². The Morgan fingerprint density at radius 2 is 2.27 bits per heavy atom. The fourth-order valence-corrected chi connectivity index (χ4v) is 2.14. The molecule has 0 aromatic carbocycles. The largest absolute Gasteiger partial charge is 0.394 e. The molecule has 3 N–H and O–H groups in total. The number of rotatable bonds is 4. The van der Waals surface area contributed by atoms with Crippen LogP contribution in [0, 0.1) is 19.8 Å². The molecule has 0 aliphatic heterocycles. The molecule has 4 nitrogen and oxygen atoms in total. The molecule has 1 fully saturated rings. The molecule has 1 aliphatic carbocycles. The molecule has 1 aromatic heterocycles. The quantitative estimate of drug-likeness (QED) is 0.770. The van der Waals surface area contributed by atoms with Crippen molar-refractivity contribution in [1.82, 2.24) is 9.78 Å². The molecule has 1 aromatic rings. The van der Waals surface area contributed by atoms with Gasteiger partial charge in [-0.2, -0.15) is 5.10 Å². The van der Waals surface area contributed by atoms with Gasteiger partial charge in [0.05, 0.1) is 18.3 Å². The van der Waals surface area contributed by atoms with Crippen molar-refractivity contribution < 1.29 is 5.11 Å². The summed E-state index contributed by atoms with van der Waals surface area (Å²) in [7, 11) is 0. The van der Waals surface area contributed by atoms with Crippen LogP contribution in [-0.4, -0.2) is 27.5 Å². The summed E-state index contributed by atoms with van der Waals surface area (Å²) in [6.45, 7) is 4.03. The molecule has 0 spiro atoms. The van der Waals surface area contributed by atoms with Crippen LogP contribution in [0.2, 0.25) is 0 Å². The Kier molecular flexibility index (Phi) is 2.80.